The SMILES string of the molecule is OC(CNC1=NCCCC1)c1ccccc1. The summed E-state index contributed by atoms with van der Waals surface area (Å²) in [6, 6.07) is 9.71. The first-order chi connectivity index (χ1) is 7.86. The van der Waals surface area contributed by atoms with Crippen LogP contribution in [0.25, 0.3) is 0 Å². The van der Waals surface area contributed by atoms with Crippen LogP contribution in [0.2, 0.25) is 0 Å². The molecular formula is C13H18N2O. The second kappa shape index (κ2) is 5.66. The number of hydrogen-bond donors (Lipinski definition) is 2. The molecule has 0 aromatic heterocycles. The van der Waals surface area contributed by atoms with E-state index in [0.717, 1.165) is 24.4 Å². The van der Waals surface area contributed by atoms with Crippen molar-refractivity contribution in [2.45, 2.75) is 25.4 Å². The predicted molar refractivity (Wildman–Crippen MR) is 65.6 cm³/mol. The lowest BCUT2D eigenvalue weighted by atomic mass is 10.1. The van der Waals surface area contributed by atoms with Gasteiger partial charge in [-0.15, -0.1) is 0 Å². The summed E-state index contributed by atoms with van der Waals surface area (Å²) >= 11 is 0. The summed E-state index contributed by atoms with van der Waals surface area (Å²) in [5.74, 6) is 1.04. The maximum absolute atomic E-state index is 9.93. The highest BCUT2D eigenvalue weighted by molar-refractivity contribution is 5.82. The third kappa shape index (κ3) is 3.07. The molecule has 0 saturated carbocycles. The van der Waals surface area contributed by atoms with Crippen molar-refractivity contribution < 1.29 is 5.11 Å². The number of rotatable bonds is 3. The normalized spacial score (nSPS) is 17.7. The van der Waals surface area contributed by atoms with Crippen molar-refractivity contribution in [2.24, 2.45) is 4.99 Å². The summed E-state index contributed by atoms with van der Waals surface area (Å²) in [5, 5.41) is 13.2. The maximum Gasteiger partial charge on any atom is 0.0964 e. The van der Waals surface area contributed by atoms with Gasteiger partial charge >= 0.3 is 0 Å². The minimum Gasteiger partial charge on any atom is -0.387 e. The van der Waals surface area contributed by atoms with Gasteiger partial charge in [-0.2, -0.15) is 0 Å². The van der Waals surface area contributed by atoms with Crippen LogP contribution in [0.3, 0.4) is 0 Å². The molecule has 0 fully saturated rings. The molecule has 1 aliphatic heterocycles. The molecule has 1 aliphatic rings. The number of nitrogens with one attached hydrogen (secondary N) is 1. The van der Waals surface area contributed by atoms with E-state index in [2.05, 4.69) is 10.3 Å². The predicted octanol–water partition coefficient (Wildman–Crippen LogP) is 1.89. The van der Waals surface area contributed by atoms with Crippen LogP contribution in [0.4, 0.5) is 0 Å². The second-order valence-electron chi connectivity index (χ2n) is 4.09. The van der Waals surface area contributed by atoms with Crippen LogP contribution in [-0.4, -0.2) is 24.0 Å². The summed E-state index contributed by atoms with van der Waals surface area (Å²) < 4.78 is 0. The second-order valence-corrected chi connectivity index (χ2v) is 4.09. The lowest BCUT2D eigenvalue weighted by Gasteiger charge is -2.17. The van der Waals surface area contributed by atoms with E-state index >= 15 is 0 Å². The molecule has 0 spiro atoms. The summed E-state index contributed by atoms with van der Waals surface area (Å²) in [7, 11) is 0. The molecule has 16 heavy (non-hydrogen) atoms. The maximum atomic E-state index is 9.93. The minimum absolute atomic E-state index is 0.453. The zero-order valence-corrected chi connectivity index (χ0v) is 9.39. The molecule has 1 unspecified atom stereocenters. The highest BCUT2D eigenvalue weighted by atomic mass is 16.3. The molecule has 86 valence electrons. The monoisotopic (exact) mass is 218 g/mol. The molecule has 1 aromatic carbocycles. The zero-order chi connectivity index (χ0) is 11.2. The fraction of sp³-hybridized carbons (Fsp3) is 0.462. The number of amidine groups is 1. The molecule has 2 rings (SSSR count). The van der Waals surface area contributed by atoms with Crippen LogP contribution in [0.5, 0.6) is 0 Å². The standard InChI is InChI=1S/C13H18N2O/c16-12(11-6-2-1-3-7-11)10-15-13-8-4-5-9-14-13/h1-3,6-7,12,16H,4-5,8-10H2,(H,14,15). The smallest absolute Gasteiger partial charge is 0.0964 e. The molecule has 0 bridgehead atoms. The quantitative estimate of drug-likeness (QED) is 0.813. The average Bonchev–Trinajstić information content (AvgIpc) is 2.38. The largest absolute Gasteiger partial charge is 0.387 e. The van der Waals surface area contributed by atoms with Crippen LogP contribution < -0.4 is 5.32 Å². The Morgan fingerprint density at radius 1 is 1.25 bits per heavy atom. The van der Waals surface area contributed by atoms with Crippen molar-refractivity contribution in [2.75, 3.05) is 13.1 Å². The minimum atomic E-state index is -0.453. The van der Waals surface area contributed by atoms with Crippen molar-refractivity contribution in [3.05, 3.63) is 35.9 Å². The van der Waals surface area contributed by atoms with Gasteiger partial charge in [-0.25, -0.2) is 0 Å². The molecule has 3 nitrogen and oxygen atoms in total. The van der Waals surface area contributed by atoms with E-state index in [4.69, 9.17) is 0 Å². The van der Waals surface area contributed by atoms with Crippen molar-refractivity contribution in [3.8, 4) is 0 Å². The van der Waals surface area contributed by atoms with Gasteiger partial charge < -0.3 is 10.4 Å². The Labute approximate surface area is 96.2 Å². The van der Waals surface area contributed by atoms with Crippen LogP contribution in [0.15, 0.2) is 35.3 Å². The third-order valence-corrected chi connectivity index (χ3v) is 2.81. The van der Waals surface area contributed by atoms with Crippen molar-refractivity contribution in [1.29, 1.82) is 0 Å². The molecule has 1 aromatic rings. The summed E-state index contributed by atoms with van der Waals surface area (Å²) in [5.41, 5.74) is 0.950. The number of aliphatic imine (C=N–C) groups is 1. The Kier molecular flexibility index (Phi) is 3.94. The van der Waals surface area contributed by atoms with E-state index in [0.29, 0.717) is 6.54 Å². The molecule has 0 radical (unpaired) electrons. The van der Waals surface area contributed by atoms with Gasteiger partial charge in [-0.05, 0) is 18.4 Å². The summed E-state index contributed by atoms with van der Waals surface area (Å²) in [6.45, 7) is 1.46. The summed E-state index contributed by atoms with van der Waals surface area (Å²) in [4.78, 5) is 4.39. The van der Waals surface area contributed by atoms with Gasteiger partial charge in [-0.3, -0.25) is 4.99 Å². The number of aliphatic hydroxyl groups is 1. The van der Waals surface area contributed by atoms with E-state index in [1.165, 1.54) is 12.8 Å². The third-order valence-electron chi connectivity index (χ3n) is 2.81. The molecule has 0 amide bonds. The van der Waals surface area contributed by atoms with Crippen LogP contribution in [0.1, 0.15) is 30.9 Å². The molecule has 3 heteroatoms. The first kappa shape index (κ1) is 11.1. The van der Waals surface area contributed by atoms with Crippen LogP contribution in [0, 0.1) is 0 Å². The Hall–Kier alpha value is -1.35. The van der Waals surface area contributed by atoms with E-state index in [1.807, 2.05) is 30.3 Å². The molecule has 0 aliphatic carbocycles. The fourth-order valence-corrected chi connectivity index (χ4v) is 1.85. The molecule has 0 saturated heterocycles. The van der Waals surface area contributed by atoms with Crippen molar-refractivity contribution >= 4 is 5.84 Å². The number of nitrogens with zero attached hydrogens (tertiary/aromatic N) is 1. The lowest BCUT2D eigenvalue weighted by molar-refractivity contribution is 0.181. The topological polar surface area (TPSA) is 44.6 Å². The van der Waals surface area contributed by atoms with Gasteiger partial charge in [0, 0.05) is 19.5 Å². The van der Waals surface area contributed by atoms with E-state index in [-0.39, 0.29) is 0 Å². The Balaban J connectivity index is 1.84. The number of benzene rings is 1. The van der Waals surface area contributed by atoms with Crippen molar-refractivity contribution in [1.82, 2.24) is 5.32 Å². The molecule has 1 heterocycles. The van der Waals surface area contributed by atoms with E-state index in [9.17, 15) is 5.11 Å². The Bertz CT molecular complexity index is 348. The number of hydrogen-bond acceptors (Lipinski definition) is 3. The van der Waals surface area contributed by atoms with Crippen LogP contribution in [-0.2, 0) is 0 Å². The Morgan fingerprint density at radius 2 is 2.06 bits per heavy atom. The van der Waals surface area contributed by atoms with Crippen LogP contribution >= 0.6 is 0 Å². The Morgan fingerprint density at radius 3 is 2.75 bits per heavy atom. The van der Waals surface area contributed by atoms with Gasteiger partial charge in [-0.1, -0.05) is 30.3 Å². The summed E-state index contributed by atoms with van der Waals surface area (Å²) in [6.07, 6.45) is 2.95. The van der Waals surface area contributed by atoms with Gasteiger partial charge in [0.15, 0.2) is 0 Å². The number of aliphatic hydroxyl groups excluding tert-OH is 1. The van der Waals surface area contributed by atoms with Crippen molar-refractivity contribution in [3.63, 3.8) is 0 Å². The molecule has 2 N–H and O–H groups in total. The molecule has 1 atom stereocenters. The van der Waals surface area contributed by atoms with Gasteiger partial charge in [0.2, 0.25) is 0 Å². The van der Waals surface area contributed by atoms with Gasteiger partial charge in [0.05, 0.1) is 11.9 Å². The first-order valence-electron chi connectivity index (χ1n) is 5.86. The fourth-order valence-electron chi connectivity index (χ4n) is 1.85. The van der Waals surface area contributed by atoms with E-state index in [1.54, 1.807) is 0 Å². The van der Waals surface area contributed by atoms with E-state index < -0.39 is 6.10 Å². The first-order valence-corrected chi connectivity index (χ1v) is 5.86. The van der Waals surface area contributed by atoms with Gasteiger partial charge in [0.25, 0.3) is 0 Å². The highest BCUT2D eigenvalue weighted by Gasteiger charge is 2.09. The zero-order valence-electron chi connectivity index (χ0n) is 9.39. The average molecular weight is 218 g/mol. The van der Waals surface area contributed by atoms with Gasteiger partial charge in [0.1, 0.15) is 0 Å². The lowest BCUT2D eigenvalue weighted by Crippen LogP contribution is -2.30. The highest BCUT2D eigenvalue weighted by Crippen LogP contribution is 2.11. The molecular weight excluding hydrogens is 200 g/mol.